The Kier molecular flexibility index (Phi) is 6.66. The quantitative estimate of drug-likeness (QED) is 0.752. The van der Waals surface area contributed by atoms with Gasteiger partial charge in [0, 0.05) is 22.2 Å². The number of ether oxygens (including phenoxy) is 1. The number of rotatable bonds is 7. The van der Waals surface area contributed by atoms with Gasteiger partial charge in [0.25, 0.3) is 0 Å². The van der Waals surface area contributed by atoms with Crippen molar-refractivity contribution in [1.29, 1.82) is 0 Å². The number of halogens is 1. The van der Waals surface area contributed by atoms with Gasteiger partial charge in [0.1, 0.15) is 0 Å². The highest BCUT2D eigenvalue weighted by molar-refractivity contribution is 9.10. The highest BCUT2D eigenvalue weighted by atomic mass is 79.9. The number of hydrogen-bond acceptors (Lipinski definition) is 3. The van der Waals surface area contributed by atoms with Crippen LogP contribution in [0.2, 0.25) is 0 Å². The maximum atomic E-state index is 11.3. The number of carboxylic acids is 1. The van der Waals surface area contributed by atoms with E-state index in [9.17, 15) is 9.90 Å². The summed E-state index contributed by atoms with van der Waals surface area (Å²) in [5, 5.41) is 9.25. The molecule has 0 aliphatic rings. The minimum absolute atomic E-state index is 0.00444. The monoisotopic (exact) mass is 353 g/mol. The molecule has 0 radical (unpaired) electrons. The molecule has 1 heterocycles. The lowest BCUT2D eigenvalue weighted by Crippen LogP contribution is -2.20. The van der Waals surface area contributed by atoms with Crippen molar-refractivity contribution in [2.24, 2.45) is 11.8 Å². The molecule has 5 heteroatoms. The largest absolute Gasteiger partial charge is 0.481 e. The van der Waals surface area contributed by atoms with Gasteiger partial charge in [-0.1, -0.05) is 20.4 Å². The summed E-state index contributed by atoms with van der Waals surface area (Å²) in [6, 6.07) is 1.87. The number of pyridine rings is 1. The van der Waals surface area contributed by atoms with E-state index in [-0.39, 0.29) is 24.2 Å². The molecule has 0 fully saturated rings. The summed E-state index contributed by atoms with van der Waals surface area (Å²) in [6.07, 6.45) is 3.46. The van der Waals surface area contributed by atoms with Crippen molar-refractivity contribution in [2.45, 2.75) is 26.2 Å². The van der Waals surface area contributed by atoms with E-state index in [4.69, 9.17) is 4.74 Å². The predicted molar refractivity (Wildman–Crippen MR) is 85.5 cm³/mol. The fourth-order valence-electron chi connectivity index (χ4n) is 2.43. The maximum Gasteiger partial charge on any atom is 0.303 e. The zero-order chi connectivity index (χ0) is 16.0. The van der Waals surface area contributed by atoms with Crippen molar-refractivity contribution in [3.63, 3.8) is 0 Å². The Morgan fingerprint density at radius 1 is 1.62 bits per heavy atom. The van der Waals surface area contributed by atoms with Crippen LogP contribution >= 0.6 is 15.9 Å². The van der Waals surface area contributed by atoms with Gasteiger partial charge in [-0.3, -0.25) is 4.79 Å². The van der Waals surface area contributed by atoms with Gasteiger partial charge < -0.3 is 9.84 Å². The summed E-state index contributed by atoms with van der Waals surface area (Å²) in [5.41, 5.74) is 3.56. The average molecular weight is 354 g/mol. The van der Waals surface area contributed by atoms with Crippen LogP contribution in [0.3, 0.4) is 0 Å². The minimum Gasteiger partial charge on any atom is -0.481 e. The molecule has 0 aliphatic heterocycles. The summed E-state index contributed by atoms with van der Waals surface area (Å²) in [4.78, 5) is 15.5. The van der Waals surface area contributed by atoms with E-state index in [0.29, 0.717) is 5.88 Å². The van der Waals surface area contributed by atoms with Crippen molar-refractivity contribution in [3.8, 4) is 5.88 Å². The van der Waals surface area contributed by atoms with Gasteiger partial charge in [0.05, 0.1) is 13.5 Å². The molecular weight excluding hydrogens is 334 g/mol. The second-order valence-electron chi connectivity index (χ2n) is 5.15. The molecule has 0 saturated heterocycles. The first-order valence-electron chi connectivity index (χ1n) is 6.67. The third-order valence-electron chi connectivity index (χ3n) is 3.38. The molecule has 0 amide bonds. The van der Waals surface area contributed by atoms with Gasteiger partial charge in [-0.15, -0.1) is 5.73 Å². The Balaban J connectivity index is 3.39. The van der Waals surface area contributed by atoms with Crippen molar-refractivity contribution in [1.82, 2.24) is 4.98 Å². The molecule has 1 unspecified atom stereocenters. The number of carbonyl (C=O) groups is 1. The Labute approximate surface area is 133 Å². The number of aromatic nitrogens is 1. The van der Waals surface area contributed by atoms with Gasteiger partial charge in [0.15, 0.2) is 0 Å². The molecule has 114 valence electrons. The second-order valence-corrected chi connectivity index (χ2v) is 6.06. The third-order valence-corrected chi connectivity index (χ3v) is 3.81. The van der Waals surface area contributed by atoms with Crippen LogP contribution in [0.1, 0.15) is 31.7 Å². The van der Waals surface area contributed by atoms with E-state index < -0.39 is 5.97 Å². The normalized spacial score (nSPS) is 13.4. The third kappa shape index (κ3) is 4.73. The standard InChI is InChI=1S/C16H20BrNO3/c1-5-6-12(10(2)3)13(8-15(19)20)14-7-11(17)9-18-16(14)21-4/h6-7,9-10,12-13H,1,8H2,2-4H3,(H,19,20)/t12-,13?/m1/s1. The van der Waals surface area contributed by atoms with Crippen molar-refractivity contribution >= 4 is 21.9 Å². The van der Waals surface area contributed by atoms with Crippen LogP contribution in [0.15, 0.2) is 35.1 Å². The number of carboxylic acid groups (broad SMARTS) is 1. The summed E-state index contributed by atoms with van der Waals surface area (Å²) in [5.74, 6) is -0.426. The van der Waals surface area contributed by atoms with E-state index in [1.807, 2.05) is 26.0 Å². The lowest BCUT2D eigenvalue weighted by Gasteiger charge is -2.27. The minimum atomic E-state index is -0.856. The maximum absolute atomic E-state index is 11.3. The van der Waals surface area contributed by atoms with Crippen LogP contribution in [-0.2, 0) is 4.79 Å². The second kappa shape index (κ2) is 8.01. The Hall–Kier alpha value is -1.58. The van der Waals surface area contributed by atoms with E-state index in [1.165, 1.54) is 7.11 Å². The summed E-state index contributed by atoms with van der Waals surface area (Å²) in [7, 11) is 1.53. The Morgan fingerprint density at radius 3 is 2.76 bits per heavy atom. The van der Waals surface area contributed by atoms with Crippen LogP contribution in [0.4, 0.5) is 0 Å². The van der Waals surface area contributed by atoms with Crippen LogP contribution < -0.4 is 4.74 Å². The Morgan fingerprint density at radius 2 is 2.29 bits per heavy atom. The first-order valence-corrected chi connectivity index (χ1v) is 7.47. The smallest absolute Gasteiger partial charge is 0.303 e. The molecule has 0 spiro atoms. The first-order chi connectivity index (χ1) is 9.90. The SMILES string of the molecule is C=C=C[C@H](C(C)C)C(CC(=O)O)c1cc(Br)cnc1OC. The van der Waals surface area contributed by atoms with Crippen molar-refractivity contribution in [2.75, 3.05) is 7.11 Å². The van der Waals surface area contributed by atoms with Gasteiger partial charge in [-0.25, -0.2) is 4.98 Å². The molecule has 4 nitrogen and oxygen atoms in total. The highest BCUT2D eigenvalue weighted by Crippen LogP contribution is 2.38. The molecule has 0 aromatic carbocycles. The molecular formula is C16H20BrNO3. The van der Waals surface area contributed by atoms with Crippen LogP contribution in [0, 0.1) is 11.8 Å². The molecule has 2 atom stereocenters. The van der Waals surface area contributed by atoms with E-state index in [1.54, 1.807) is 6.20 Å². The molecule has 21 heavy (non-hydrogen) atoms. The number of aliphatic carboxylic acids is 1. The van der Waals surface area contributed by atoms with Crippen molar-refractivity contribution in [3.05, 3.63) is 40.7 Å². The molecule has 0 bridgehead atoms. The number of methoxy groups -OCH3 is 1. The lowest BCUT2D eigenvalue weighted by molar-refractivity contribution is -0.137. The molecule has 0 aliphatic carbocycles. The first kappa shape index (κ1) is 17.5. The predicted octanol–water partition coefficient (Wildman–Crippen LogP) is 4.02. The van der Waals surface area contributed by atoms with Crippen molar-refractivity contribution < 1.29 is 14.6 Å². The topological polar surface area (TPSA) is 59.4 Å². The molecule has 0 saturated carbocycles. The molecule has 1 aromatic rings. The van der Waals surface area contributed by atoms with Crippen LogP contribution in [-0.4, -0.2) is 23.2 Å². The van der Waals surface area contributed by atoms with E-state index in [2.05, 4.69) is 33.2 Å². The molecule has 1 N–H and O–H groups in total. The summed E-state index contributed by atoms with van der Waals surface area (Å²) < 4.78 is 6.09. The Bertz CT molecular complexity index is 550. The van der Waals surface area contributed by atoms with Gasteiger partial charge in [-0.2, -0.15) is 0 Å². The van der Waals surface area contributed by atoms with Gasteiger partial charge in [0.2, 0.25) is 5.88 Å². The zero-order valence-corrected chi connectivity index (χ0v) is 14.1. The lowest BCUT2D eigenvalue weighted by atomic mass is 9.77. The summed E-state index contributed by atoms with van der Waals surface area (Å²) >= 11 is 3.38. The van der Waals surface area contributed by atoms with Gasteiger partial charge >= 0.3 is 5.97 Å². The molecule has 1 rings (SSSR count). The number of allylic oxidation sites excluding steroid dienone is 1. The molecule has 1 aromatic heterocycles. The van der Waals surface area contributed by atoms with E-state index >= 15 is 0 Å². The fraction of sp³-hybridized carbons (Fsp3) is 0.438. The average Bonchev–Trinajstić information content (AvgIpc) is 2.42. The zero-order valence-electron chi connectivity index (χ0n) is 12.5. The van der Waals surface area contributed by atoms with Crippen LogP contribution in [0.25, 0.3) is 0 Å². The highest BCUT2D eigenvalue weighted by Gasteiger charge is 2.29. The number of nitrogens with zero attached hydrogens (tertiary/aromatic N) is 1. The van der Waals surface area contributed by atoms with Crippen LogP contribution in [0.5, 0.6) is 5.88 Å². The van der Waals surface area contributed by atoms with Gasteiger partial charge in [-0.05, 0) is 39.9 Å². The van der Waals surface area contributed by atoms with E-state index in [0.717, 1.165) is 10.0 Å². The number of hydrogen-bond donors (Lipinski definition) is 1. The summed E-state index contributed by atoms with van der Waals surface area (Å²) in [6.45, 7) is 7.71. The fourth-order valence-corrected chi connectivity index (χ4v) is 2.78.